The van der Waals surface area contributed by atoms with Gasteiger partial charge in [-0.3, -0.25) is 0 Å². The lowest BCUT2D eigenvalue weighted by atomic mass is 10.2. The average Bonchev–Trinajstić information content (AvgIpc) is 2.76. The minimum Gasteiger partial charge on any atom is -0.409 e. The number of rotatable bonds is 6. The van der Waals surface area contributed by atoms with Crippen LogP contribution >= 0.6 is 0 Å². The molecule has 17 heavy (non-hydrogen) atoms. The number of oxime groups is 1. The Morgan fingerprint density at radius 1 is 1.71 bits per heavy atom. The molecule has 2 unspecified atom stereocenters. The Kier molecular flexibility index (Phi) is 5.16. The summed E-state index contributed by atoms with van der Waals surface area (Å²) in [6.07, 6.45) is 1.80. The van der Waals surface area contributed by atoms with Gasteiger partial charge in [0.25, 0.3) is 0 Å². The van der Waals surface area contributed by atoms with Gasteiger partial charge in [-0.15, -0.1) is 0 Å². The van der Waals surface area contributed by atoms with E-state index < -0.39 is 16.1 Å². The molecule has 1 rings (SSSR count). The zero-order valence-electron chi connectivity index (χ0n) is 9.80. The van der Waals surface area contributed by atoms with Crippen molar-refractivity contribution < 1.29 is 18.4 Å². The maximum atomic E-state index is 11.8. The molecule has 0 radical (unpaired) electrons. The van der Waals surface area contributed by atoms with Crippen molar-refractivity contribution in [1.29, 1.82) is 0 Å². The van der Waals surface area contributed by atoms with Crippen LogP contribution in [0.1, 0.15) is 26.2 Å². The van der Waals surface area contributed by atoms with Crippen LogP contribution < -0.4 is 10.5 Å². The van der Waals surface area contributed by atoms with E-state index in [1.54, 1.807) is 6.92 Å². The van der Waals surface area contributed by atoms with Crippen LogP contribution in [0.4, 0.5) is 0 Å². The zero-order valence-corrected chi connectivity index (χ0v) is 10.6. The first kappa shape index (κ1) is 14.2. The molecule has 7 nitrogen and oxygen atoms in total. The highest BCUT2D eigenvalue weighted by molar-refractivity contribution is 7.89. The predicted octanol–water partition coefficient (Wildman–Crippen LogP) is -0.390. The van der Waals surface area contributed by atoms with Gasteiger partial charge in [0.05, 0.1) is 17.9 Å². The summed E-state index contributed by atoms with van der Waals surface area (Å²) in [4.78, 5) is 0. The number of nitrogens with one attached hydrogen (secondary N) is 1. The number of nitrogens with two attached hydrogens (primary N) is 1. The van der Waals surface area contributed by atoms with E-state index in [9.17, 15) is 8.42 Å². The minimum absolute atomic E-state index is 0.0811. The van der Waals surface area contributed by atoms with Crippen LogP contribution in [0, 0.1) is 0 Å². The van der Waals surface area contributed by atoms with Crippen molar-refractivity contribution in [2.24, 2.45) is 10.9 Å². The maximum absolute atomic E-state index is 11.8. The SMILES string of the molecule is CCC(NS(=O)(=O)CC1CCCO1)C(N)=NO. The first-order chi connectivity index (χ1) is 7.98. The van der Waals surface area contributed by atoms with E-state index in [0.717, 1.165) is 12.8 Å². The standard InChI is InChI=1S/C9H19N3O4S/c1-2-8(9(10)11-13)12-17(14,15)6-7-4-3-5-16-7/h7-8,12-13H,2-6H2,1H3,(H2,10,11). The van der Waals surface area contributed by atoms with Gasteiger partial charge in [0.1, 0.15) is 0 Å². The molecular weight excluding hydrogens is 246 g/mol. The topological polar surface area (TPSA) is 114 Å². The molecule has 0 spiro atoms. The molecule has 1 fully saturated rings. The molecular formula is C9H19N3O4S. The first-order valence-corrected chi connectivity index (χ1v) is 7.22. The molecule has 0 amide bonds. The van der Waals surface area contributed by atoms with Crippen molar-refractivity contribution in [2.45, 2.75) is 38.3 Å². The van der Waals surface area contributed by atoms with Gasteiger partial charge in [-0.2, -0.15) is 0 Å². The number of sulfonamides is 1. The van der Waals surface area contributed by atoms with E-state index >= 15 is 0 Å². The van der Waals surface area contributed by atoms with E-state index in [-0.39, 0.29) is 17.7 Å². The Bertz CT molecular complexity index is 362. The fourth-order valence-electron chi connectivity index (χ4n) is 1.71. The van der Waals surface area contributed by atoms with E-state index in [1.165, 1.54) is 0 Å². The highest BCUT2D eigenvalue weighted by Crippen LogP contribution is 2.13. The van der Waals surface area contributed by atoms with E-state index in [0.29, 0.717) is 13.0 Å². The number of hydrogen-bond acceptors (Lipinski definition) is 5. The van der Waals surface area contributed by atoms with Crippen molar-refractivity contribution in [3.05, 3.63) is 0 Å². The van der Waals surface area contributed by atoms with Crippen LogP contribution in [-0.2, 0) is 14.8 Å². The average molecular weight is 265 g/mol. The number of amidine groups is 1. The van der Waals surface area contributed by atoms with Crippen LogP contribution in [0.3, 0.4) is 0 Å². The molecule has 1 saturated heterocycles. The minimum atomic E-state index is -3.48. The van der Waals surface area contributed by atoms with E-state index in [4.69, 9.17) is 15.7 Å². The molecule has 0 aromatic rings. The highest BCUT2D eigenvalue weighted by atomic mass is 32.2. The lowest BCUT2D eigenvalue weighted by Crippen LogP contribution is -2.46. The molecule has 0 bridgehead atoms. The van der Waals surface area contributed by atoms with Gasteiger partial charge in [0, 0.05) is 6.61 Å². The van der Waals surface area contributed by atoms with Crippen molar-refractivity contribution in [2.75, 3.05) is 12.4 Å². The van der Waals surface area contributed by atoms with E-state index in [1.807, 2.05) is 0 Å². The van der Waals surface area contributed by atoms with Crippen LogP contribution in [0.5, 0.6) is 0 Å². The molecule has 1 heterocycles. The van der Waals surface area contributed by atoms with Crippen molar-refractivity contribution in [3.63, 3.8) is 0 Å². The molecule has 4 N–H and O–H groups in total. The maximum Gasteiger partial charge on any atom is 0.214 e. The summed E-state index contributed by atoms with van der Waals surface area (Å²) < 4.78 is 31.2. The van der Waals surface area contributed by atoms with Gasteiger partial charge in [0.2, 0.25) is 10.0 Å². The third kappa shape index (κ3) is 4.49. The molecule has 1 aliphatic heterocycles. The summed E-state index contributed by atoms with van der Waals surface area (Å²) in [5, 5.41) is 11.3. The molecule has 0 aliphatic carbocycles. The monoisotopic (exact) mass is 265 g/mol. The smallest absolute Gasteiger partial charge is 0.214 e. The summed E-state index contributed by atoms with van der Waals surface area (Å²) in [5.74, 6) is -0.217. The second-order valence-corrected chi connectivity index (χ2v) is 5.82. The van der Waals surface area contributed by atoms with Gasteiger partial charge in [0.15, 0.2) is 5.84 Å². The summed E-state index contributed by atoms with van der Waals surface area (Å²) >= 11 is 0. The predicted molar refractivity (Wildman–Crippen MR) is 63.4 cm³/mol. The van der Waals surface area contributed by atoms with Gasteiger partial charge in [-0.25, -0.2) is 13.1 Å². The summed E-state index contributed by atoms with van der Waals surface area (Å²) in [5.41, 5.74) is 5.38. The zero-order chi connectivity index (χ0) is 12.9. The second kappa shape index (κ2) is 6.18. The van der Waals surface area contributed by atoms with Crippen LogP contribution in [-0.4, -0.2) is 44.0 Å². The van der Waals surface area contributed by atoms with E-state index in [2.05, 4.69) is 9.88 Å². The third-order valence-electron chi connectivity index (χ3n) is 2.63. The fourth-order valence-corrected chi connectivity index (χ4v) is 3.28. The Balaban J connectivity index is 2.57. The quantitative estimate of drug-likeness (QED) is 0.262. The Morgan fingerprint density at radius 3 is 2.88 bits per heavy atom. The molecule has 2 atom stereocenters. The van der Waals surface area contributed by atoms with Crippen LogP contribution in [0.2, 0.25) is 0 Å². The van der Waals surface area contributed by atoms with Crippen molar-refractivity contribution >= 4 is 15.9 Å². The number of hydrogen-bond donors (Lipinski definition) is 3. The lowest BCUT2D eigenvalue weighted by molar-refractivity contribution is 0.127. The normalized spacial score (nSPS) is 23.8. The highest BCUT2D eigenvalue weighted by Gasteiger charge is 2.26. The second-order valence-electron chi connectivity index (χ2n) is 4.02. The Labute approximate surface area is 101 Å². The fraction of sp³-hybridized carbons (Fsp3) is 0.889. The van der Waals surface area contributed by atoms with Gasteiger partial charge in [-0.1, -0.05) is 12.1 Å². The molecule has 0 saturated carbocycles. The largest absolute Gasteiger partial charge is 0.409 e. The lowest BCUT2D eigenvalue weighted by Gasteiger charge is -2.17. The van der Waals surface area contributed by atoms with Crippen molar-refractivity contribution in [3.8, 4) is 0 Å². The Hall–Kier alpha value is -0.860. The first-order valence-electron chi connectivity index (χ1n) is 5.57. The molecule has 1 aliphatic rings. The van der Waals surface area contributed by atoms with Crippen molar-refractivity contribution in [1.82, 2.24) is 4.72 Å². The summed E-state index contributed by atoms with van der Waals surface area (Å²) in [6.45, 7) is 2.36. The van der Waals surface area contributed by atoms with Crippen LogP contribution in [0.25, 0.3) is 0 Å². The van der Waals surface area contributed by atoms with Gasteiger partial charge in [-0.05, 0) is 19.3 Å². The summed E-state index contributed by atoms with van der Waals surface area (Å²) in [6, 6.07) is -0.675. The Morgan fingerprint density at radius 2 is 2.41 bits per heavy atom. The molecule has 8 heteroatoms. The molecule has 0 aromatic heterocycles. The number of ether oxygens (including phenoxy) is 1. The van der Waals surface area contributed by atoms with Gasteiger partial charge >= 0.3 is 0 Å². The molecule has 0 aromatic carbocycles. The summed E-state index contributed by atoms with van der Waals surface area (Å²) in [7, 11) is -3.48. The number of nitrogens with zero attached hydrogens (tertiary/aromatic N) is 1. The van der Waals surface area contributed by atoms with Crippen LogP contribution in [0.15, 0.2) is 5.16 Å². The third-order valence-corrected chi connectivity index (χ3v) is 4.09. The molecule has 100 valence electrons. The van der Waals surface area contributed by atoms with Gasteiger partial charge < -0.3 is 15.7 Å².